The third-order valence-electron chi connectivity index (χ3n) is 2.57. The summed E-state index contributed by atoms with van der Waals surface area (Å²) >= 11 is 4.98. The van der Waals surface area contributed by atoms with Gasteiger partial charge in [-0.25, -0.2) is 0 Å². The van der Waals surface area contributed by atoms with Gasteiger partial charge in [0.05, 0.1) is 3.79 Å². The summed E-state index contributed by atoms with van der Waals surface area (Å²) in [5.41, 5.74) is 1.11. The van der Waals surface area contributed by atoms with Crippen molar-refractivity contribution in [3.63, 3.8) is 0 Å². The van der Waals surface area contributed by atoms with E-state index in [1.165, 1.54) is 0 Å². The molecule has 0 amide bonds. The van der Waals surface area contributed by atoms with E-state index in [9.17, 15) is 5.11 Å². The van der Waals surface area contributed by atoms with E-state index in [1.807, 2.05) is 49.5 Å². The molecular formula is C13H14BrNOS. The van der Waals surface area contributed by atoms with E-state index in [0.717, 1.165) is 14.4 Å². The average molecular weight is 312 g/mol. The first-order chi connectivity index (χ1) is 8.16. The van der Waals surface area contributed by atoms with Crippen molar-refractivity contribution in [3.8, 4) is 0 Å². The van der Waals surface area contributed by atoms with Crippen LogP contribution in [0.15, 0.2) is 46.3 Å². The number of thiophene rings is 1. The number of hydrogen-bond acceptors (Lipinski definition) is 3. The van der Waals surface area contributed by atoms with Crippen molar-refractivity contribution in [2.75, 3.05) is 18.5 Å². The molecule has 1 heterocycles. The predicted octanol–water partition coefficient (Wildman–Crippen LogP) is 3.68. The molecule has 1 N–H and O–H groups in total. The van der Waals surface area contributed by atoms with Crippen molar-refractivity contribution in [3.05, 3.63) is 51.1 Å². The highest BCUT2D eigenvalue weighted by molar-refractivity contribution is 9.11. The van der Waals surface area contributed by atoms with Gasteiger partial charge < -0.3 is 10.0 Å². The Bertz CT molecular complexity index is 471. The molecule has 1 unspecified atom stereocenters. The first-order valence-electron chi connectivity index (χ1n) is 5.36. The first-order valence-corrected chi connectivity index (χ1v) is 6.97. The minimum absolute atomic E-state index is 0.448. The van der Waals surface area contributed by atoms with Crippen LogP contribution in [0, 0.1) is 0 Å². The molecule has 2 aromatic rings. The van der Waals surface area contributed by atoms with Gasteiger partial charge in [-0.1, -0.05) is 18.2 Å². The van der Waals surface area contributed by atoms with Gasteiger partial charge in [0.2, 0.25) is 0 Å². The van der Waals surface area contributed by atoms with Gasteiger partial charge in [-0.15, -0.1) is 11.3 Å². The SMILES string of the molecule is CN(CC(O)c1ccc(Br)s1)c1ccccc1. The monoisotopic (exact) mass is 311 g/mol. The van der Waals surface area contributed by atoms with Gasteiger partial charge in [0.15, 0.2) is 0 Å². The smallest absolute Gasteiger partial charge is 0.106 e. The lowest BCUT2D eigenvalue weighted by Gasteiger charge is -2.22. The second-order valence-corrected chi connectivity index (χ2v) is 6.37. The first kappa shape index (κ1) is 12.6. The Labute approximate surface area is 114 Å². The van der Waals surface area contributed by atoms with Crippen LogP contribution in [0.3, 0.4) is 0 Å². The molecule has 0 saturated heterocycles. The molecule has 0 fully saturated rings. The molecule has 0 aliphatic rings. The van der Waals surface area contributed by atoms with Gasteiger partial charge in [0.25, 0.3) is 0 Å². The van der Waals surface area contributed by atoms with Crippen molar-refractivity contribution in [2.24, 2.45) is 0 Å². The Morgan fingerprint density at radius 1 is 1.24 bits per heavy atom. The molecule has 0 saturated carbocycles. The van der Waals surface area contributed by atoms with Crippen LogP contribution in [-0.4, -0.2) is 18.7 Å². The molecule has 0 aliphatic carbocycles. The standard InChI is InChI=1S/C13H14BrNOS/c1-15(10-5-3-2-4-6-10)9-11(16)12-7-8-13(14)17-12/h2-8,11,16H,9H2,1H3. The number of para-hydroxylation sites is 1. The fourth-order valence-electron chi connectivity index (χ4n) is 1.64. The number of aliphatic hydroxyl groups is 1. The number of anilines is 1. The van der Waals surface area contributed by atoms with Crippen LogP contribution in [0.1, 0.15) is 11.0 Å². The molecule has 1 aromatic heterocycles. The predicted molar refractivity (Wildman–Crippen MR) is 76.7 cm³/mol. The molecule has 2 rings (SSSR count). The Kier molecular flexibility index (Phi) is 4.20. The highest BCUT2D eigenvalue weighted by Gasteiger charge is 2.12. The number of likely N-dealkylation sites (N-methyl/N-ethyl adjacent to an activating group) is 1. The van der Waals surface area contributed by atoms with Crippen LogP contribution in [0.5, 0.6) is 0 Å². The van der Waals surface area contributed by atoms with Crippen LogP contribution in [0.25, 0.3) is 0 Å². The van der Waals surface area contributed by atoms with Crippen molar-refractivity contribution in [2.45, 2.75) is 6.10 Å². The van der Waals surface area contributed by atoms with E-state index in [4.69, 9.17) is 0 Å². The Balaban J connectivity index is 2.02. The van der Waals surface area contributed by atoms with E-state index < -0.39 is 6.10 Å². The van der Waals surface area contributed by atoms with E-state index in [2.05, 4.69) is 20.8 Å². The summed E-state index contributed by atoms with van der Waals surface area (Å²) in [6, 6.07) is 14.0. The summed E-state index contributed by atoms with van der Waals surface area (Å²) in [7, 11) is 1.99. The second kappa shape index (κ2) is 5.67. The Morgan fingerprint density at radius 2 is 1.94 bits per heavy atom. The fourth-order valence-corrected chi connectivity index (χ4v) is 3.05. The zero-order valence-electron chi connectivity index (χ0n) is 9.51. The van der Waals surface area contributed by atoms with Gasteiger partial charge in [0, 0.05) is 24.2 Å². The number of nitrogens with zero attached hydrogens (tertiary/aromatic N) is 1. The summed E-state index contributed by atoms with van der Waals surface area (Å²) in [5.74, 6) is 0. The Morgan fingerprint density at radius 3 is 2.53 bits per heavy atom. The van der Waals surface area contributed by atoms with Crippen molar-refractivity contribution in [1.29, 1.82) is 0 Å². The zero-order chi connectivity index (χ0) is 12.3. The van der Waals surface area contributed by atoms with Crippen molar-refractivity contribution in [1.82, 2.24) is 0 Å². The van der Waals surface area contributed by atoms with Gasteiger partial charge in [-0.2, -0.15) is 0 Å². The normalized spacial score (nSPS) is 12.4. The van der Waals surface area contributed by atoms with Gasteiger partial charge in [0.1, 0.15) is 6.10 Å². The molecule has 0 spiro atoms. The number of aliphatic hydroxyl groups excluding tert-OH is 1. The van der Waals surface area contributed by atoms with Crippen LogP contribution in [0.2, 0.25) is 0 Å². The zero-order valence-corrected chi connectivity index (χ0v) is 11.9. The molecule has 1 aromatic carbocycles. The van der Waals surface area contributed by atoms with E-state index in [0.29, 0.717) is 6.54 Å². The molecule has 0 aliphatic heterocycles. The van der Waals surface area contributed by atoms with Gasteiger partial charge >= 0.3 is 0 Å². The van der Waals surface area contributed by atoms with E-state index >= 15 is 0 Å². The molecule has 4 heteroatoms. The Hall–Kier alpha value is -0.840. The average Bonchev–Trinajstić information content (AvgIpc) is 2.77. The third kappa shape index (κ3) is 3.31. The summed E-state index contributed by atoms with van der Waals surface area (Å²) in [6.45, 7) is 0.594. The maximum Gasteiger partial charge on any atom is 0.106 e. The summed E-state index contributed by atoms with van der Waals surface area (Å²) in [6.07, 6.45) is -0.448. The molecule has 0 bridgehead atoms. The second-order valence-electron chi connectivity index (χ2n) is 3.87. The number of benzene rings is 1. The summed E-state index contributed by atoms with van der Waals surface area (Å²) in [5, 5.41) is 10.1. The molecule has 90 valence electrons. The van der Waals surface area contributed by atoms with Crippen LogP contribution < -0.4 is 4.90 Å². The lowest BCUT2D eigenvalue weighted by Crippen LogP contribution is -2.23. The van der Waals surface area contributed by atoms with Crippen molar-refractivity contribution >= 4 is 33.0 Å². The fraction of sp³-hybridized carbons (Fsp3) is 0.231. The third-order valence-corrected chi connectivity index (χ3v) is 4.29. The van der Waals surface area contributed by atoms with Crippen LogP contribution in [0.4, 0.5) is 5.69 Å². The largest absolute Gasteiger partial charge is 0.386 e. The minimum atomic E-state index is -0.448. The van der Waals surface area contributed by atoms with Gasteiger partial charge in [-0.3, -0.25) is 0 Å². The van der Waals surface area contributed by atoms with Crippen molar-refractivity contribution < 1.29 is 5.11 Å². The minimum Gasteiger partial charge on any atom is -0.386 e. The highest BCUT2D eigenvalue weighted by Crippen LogP contribution is 2.28. The number of hydrogen-bond donors (Lipinski definition) is 1. The quantitative estimate of drug-likeness (QED) is 0.931. The van der Waals surface area contributed by atoms with Crippen LogP contribution >= 0.6 is 27.3 Å². The van der Waals surface area contributed by atoms with Gasteiger partial charge in [-0.05, 0) is 40.2 Å². The summed E-state index contributed by atoms with van der Waals surface area (Å²) in [4.78, 5) is 3.04. The topological polar surface area (TPSA) is 23.5 Å². The highest BCUT2D eigenvalue weighted by atomic mass is 79.9. The number of rotatable bonds is 4. The maximum absolute atomic E-state index is 10.1. The molecule has 0 radical (unpaired) electrons. The van der Waals surface area contributed by atoms with E-state index in [1.54, 1.807) is 11.3 Å². The maximum atomic E-state index is 10.1. The molecule has 17 heavy (non-hydrogen) atoms. The number of halogens is 1. The lowest BCUT2D eigenvalue weighted by molar-refractivity contribution is 0.189. The lowest BCUT2D eigenvalue weighted by atomic mass is 10.2. The van der Waals surface area contributed by atoms with Crippen LogP contribution in [-0.2, 0) is 0 Å². The van der Waals surface area contributed by atoms with E-state index in [-0.39, 0.29) is 0 Å². The molecule has 1 atom stereocenters. The molecule has 2 nitrogen and oxygen atoms in total. The summed E-state index contributed by atoms with van der Waals surface area (Å²) < 4.78 is 1.05. The molecular weight excluding hydrogens is 298 g/mol.